The number of methoxy groups -OCH3 is 1. The summed E-state index contributed by atoms with van der Waals surface area (Å²) in [5, 5.41) is 0. The molecule has 1 unspecified atom stereocenters. The zero-order valence-electron chi connectivity index (χ0n) is 8.37. The maximum absolute atomic E-state index is 8.95. The summed E-state index contributed by atoms with van der Waals surface area (Å²) in [4.78, 5) is 16.8. The van der Waals surface area contributed by atoms with Gasteiger partial charge in [0.05, 0.1) is 13.7 Å². The number of pyridine rings is 1. The number of nitrogens with zero attached hydrogens (tertiary/aromatic N) is 2. The Kier molecular flexibility index (Phi) is 4.86. The van der Waals surface area contributed by atoms with Crippen LogP contribution < -0.4 is 0 Å². The molecule has 0 bridgehead atoms. The Morgan fingerprint density at radius 3 is 2.67 bits per heavy atom. The average molecular weight is 208 g/mol. The van der Waals surface area contributed by atoms with E-state index in [0.29, 0.717) is 6.47 Å². The lowest BCUT2D eigenvalue weighted by Gasteiger charge is -2.06. The van der Waals surface area contributed by atoms with Gasteiger partial charge < -0.3 is 9.47 Å². The van der Waals surface area contributed by atoms with E-state index in [2.05, 4.69) is 14.7 Å². The molecule has 15 heavy (non-hydrogen) atoms. The summed E-state index contributed by atoms with van der Waals surface area (Å²) in [5.41, 5.74) is 1.14. The van der Waals surface area contributed by atoms with E-state index in [9.17, 15) is 0 Å². The summed E-state index contributed by atoms with van der Waals surface area (Å²) in [5.74, 6) is 0. The molecule has 1 atom stereocenters. The molecule has 0 aromatic carbocycles. The van der Waals surface area contributed by atoms with E-state index in [1.165, 1.54) is 13.5 Å². The molecule has 2 heterocycles. The monoisotopic (exact) mass is 208 g/mol. The van der Waals surface area contributed by atoms with E-state index in [-0.39, 0.29) is 6.10 Å². The number of hydrogen-bond donors (Lipinski definition) is 0. The molecule has 0 amide bonds. The molecule has 0 radical (unpaired) electrons. The van der Waals surface area contributed by atoms with Crippen molar-refractivity contribution in [2.45, 2.75) is 6.10 Å². The van der Waals surface area contributed by atoms with Gasteiger partial charge in [0.2, 0.25) is 0 Å². The lowest BCUT2D eigenvalue weighted by atomic mass is 10.1. The molecule has 80 valence electrons. The Bertz CT molecular complexity index is 306. The summed E-state index contributed by atoms with van der Waals surface area (Å²) in [6, 6.07) is 3.89. The van der Waals surface area contributed by atoms with Crippen molar-refractivity contribution in [3.05, 3.63) is 30.1 Å². The van der Waals surface area contributed by atoms with Crippen LogP contribution in [0, 0.1) is 0 Å². The maximum atomic E-state index is 8.95. The number of aromatic nitrogens is 1. The lowest BCUT2D eigenvalue weighted by Crippen LogP contribution is -1.99. The van der Waals surface area contributed by atoms with Crippen LogP contribution in [0.4, 0.5) is 0 Å². The first kappa shape index (κ1) is 11.2. The minimum Gasteiger partial charge on any atom is -0.474 e. The van der Waals surface area contributed by atoms with Crippen LogP contribution in [0.25, 0.3) is 0 Å². The van der Waals surface area contributed by atoms with Crippen molar-refractivity contribution in [3.63, 3.8) is 0 Å². The Balaban J connectivity index is 0.000000245. The summed E-state index contributed by atoms with van der Waals surface area (Å²) in [6.07, 6.45) is 5.14. The van der Waals surface area contributed by atoms with Gasteiger partial charge in [-0.3, -0.25) is 14.8 Å². The molecule has 0 fully saturated rings. The molecular weight excluding hydrogens is 196 g/mol. The average Bonchev–Trinajstić information content (AvgIpc) is 2.84. The second-order valence-corrected chi connectivity index (χ2v) is 2.71. The van der Waals surface area contributed by atoms with E-state index in [1.807, 2.05) is 12.1 Å². The van der Waals surface area contributed by atoms with Crippen LogP contribution in [0.3, 0.4) is 0 Å². The number of hydrogen-bond acceptors (Lipinski definition) is 5. The normalized spacial score (nSPS) is 17.3. The van der Waals surface area contributed by atoms with Crippen molar-refractivity contribution in [3.8, 4) is 0 Å². The largest absolute Gasteiger partial charge is 0.474 e. The highest BCUT2D eigenvalue weighted by Gasteiger charge is 2.13. The van der Waals surface area contributed by atoms with Gasteiger partial charge >= 0.3 is 0 Å². The van der Waals surface area contributed by atoms with Gasteiger partial charge in [0.1, 0.15) is 6.10 Å². The van der Waals surface area contributed by atoms with Crippen LogP contribution in [0.5, 0.6) is 0 Å². The third kappa shape index (κ3) is 3.76. The molecule has 0 saturated carbocycles. The quantitative estimate of drug-likeness (QED) is 0.679. The predicted octanol–water partition coefficient (Wildman–Crippen LogP) is 0.970. The fourth-order valence-electron chi connectivity index (χ4n) is 1.06. The summed E-state index contributed by atoms with van der Waals surface area (Å²) in [7, 11) is 1.31. The third-order valence-corrected chi connectivity index (χ3v) is 1.75. The standard InChI is InChI=1S/C8H8N2O.C2H4O2/c1-3-9-4-2-7(1)8-5-10-6-11-8;1-4-2-3/h1-4,6,8H,5H2;2H,1H3. The van der Waals surface area contributed by atoms with Gasteiger partial charge in [0.15, 0.2) is 6.40 Å². The molecule has 1 aliphatic rings. The molecule has 0 spiro atoms. The molecule has 0 N–H and O–H groups in total. The van der Waals surface area contributed by atoms with Crippen molar-refractivity contribution in [1.82, 2.24) is 4.98 Å². The van der Waals surface area contributed by atoms with Gasteiger partial charge in [-0.1, -0.05) is 0 Å². The minimum absolute atomic E-state index is 0.109. The molecule has 0 saturated heterocycles. The van der Waals surface area contributed by atoms with Crippen LogP contribution in [-0.4, -0.2) is 31.5 Å². The smallest absolute Gasteiger partial charge is 0.292 e. The Morgan fingerprint density at radius 2 is 2.20 bits per heavy atom. The molecule has 1 aliphatic heterocycles. The fraction of sp³-hybridized carbons (Fsp3) is 0.300. The van der Waals surface area contributed by atoms with Crippen LogP contribution in [0.15, 0.2) is 29.5 Å². The first-order valence-electron chi connectivity index (χ1n) is 4.38. The highest BCUT2D eigenvalue weighted by atomic mass is 16.5. The first-order valence-corrected chi connectivity index (χ1v) is 4.38. The van der Waals surface area contributed by atoms with Crippen LogP contribution in [-0.2, 0) is 14.3 Å². The highest BCUT2D eigenvalue weighted by molar-refractivity contribution is 5.49. The van der Waals surface area contributed by atoms with Crippen molar-refractivity contribution in [1.29, 1.82) is 0 Å². The van der Waals surface area contributed by atoms with E-state index in [4.69, 9.17) is 9.53 Å². The Morgan fingerprint density at radius 1 is 1.53 bits per heavy atom. The van der Waals surface area contributed by atoms with E-state index < -0.39 is 0 Å². The van der Waals surface area contributed by atoms with Crippen molar-refractivity contribution in [2.24, 2.45) is 4.99 Å². The maximum Gasteiger partial charge on any atom is 0.292 e. The van der Waals surface area contributed by atoms with Crippen LogP contribution in [0.1, 0.15) is 11.7 Å². The number of carbonyl (C=O) groups excluding carboxylic acids is 1. The zero-order valence-corrected chi connectivity index (χ0v) is 8.37. The van der Waals surface area contributed by atoms with Crippen molar-refractivity contribution in [2.75, 3.05) is 13.7 Å². The minimum atomic E-state index is 0.109. The number of rotatable bonds is 2. The second-order valence-electron chi connectivity index (χ2n) is 2.71. The predicted molar refractivity (Wildman–Crippen MR) is 54.5 cm³/mol. The van der Waals surface area contributed by atoms with E-state index >= 15 is 0 Å². The third-order valence-electron chi connectivity index (χ3n) is 1.75. The van der Waals surface area contributed by atoms with Gasteiger partial charge in [0.25, 0.3) is 6.47 Å². The number of aliphatic imine (C=N–C) groups is 1. The lowest BCUT2D eigenvalue weighted by molar-refractivity contribution is -0.126. The van der Waals surface area contributed by atoms with Gasteiger partial charge in [-0.25, -0.2) is 0 Å². The zero-order chi connectivity index (χ0) is 10.9. The molecule has 5 nitrogen and oxygen atoms in total. The number of carbonyl (C=O) groups is 1. The summed E-state index contributed by atoms with van der Waals surface area (Å²) < 4.78 is 9.08. The van der Waals surface area contributed by atoms with Crippen molar-refractivity contribution >= 4 is 12.9 Å². The van der Waals surface area contributed by atoms with Crippen LogP contribution in [0.2, 0.25) is 0 Å². The SMILES string of the molecule is C1=NCC(c2ccncc2)O1.COC=O. The number of ether oxygens (including phenoxy) is 2. The van der Waals surface area contributed by atoms with E-state index in [1.54, 1.807) is 12.4 Å². The molecule has 0 aliphatic carbocycles. The summed E-state index contributed by atoms with van der Waals surface area (Å²) in [6.45, 7) is 1.10. The van der Waals surface area contributed by atoms with Crippen LogP contribution >= 0.6 is 0 Å². The molecular formula is C10H12N2O3. The summed E-state index contributed by atoms with van der Waals surface area (Å²) >= 11 is 0. The Labute approximate surface area is 87.8 Å². The fourth-order valence-corrected chi connectivity index (χ4v) is 1.06. The molecule has 2 rings (SSSR count). The van der Waals surface area contributed by atoms with Gasteiger partial charge in [-0.2, -0.15) is 0 Å². The topological polar surface area (TPSA) is 60.8 Å². The van der Waals surface area contributed by atoms with E-state index in [0.717, 1.165) is 12.1 Å². The molecule has 5 heteroatoms. The first-order chi connectivity index (χ1) is 7.38. The van der Waals surface area contributed by atoms with Crippen molar-refractivity contribution < 1.29 is 14.3 Å². The van der Waals surface area contributed by atoms with Gasteiger partial charge in [-0.05, 0) is 17.7 Å². The van der Waals surface area contributed by atoms with Gasteiger partial charge in [-0.15, -0.1) is 0 Å². The molecule has 1 aromatic rings. The second kappa shape index (κ2) is 6.53. The molecule has 1 aromatic heterocycles. The van der Waals surface area contributed by atoms with Gasteiger partial charge in [0, 0.05) is 12.4 Å². The Hall–Kier alpha value is -1.91. The highest BCUT2D eigenvalue weighted by Crippen LogP contribution is 2.18.